The van der Waals surface area contributed by atoms with Crippen LogP contribution >= 0.6 is 11.3 Å². The second kappa shape index (κ2) is 4.83. The number of thiazole rings is 1. The molecule has 1 aliphatic carbocycles. The number of nitrogens with two attached hydrogens (primary N) is 1. The average molecular weight is 275 g/mol. The summed E-state index contributed by atoms with van der Waals surface area (Å²) in [6.45, 7) is 0.809. The van der Waals surface area contributed by atoms with Crippen molar-refractivity contribution in [2.75, 3.05) is 14.1 Å². The molecule has 0 atom stereocenters. The van der Waals surface area contributed by atoms with Crippen LogP contribution in [-0.2, 0) is 12.1 Å². The first kappa shape index (κ1) is 13.8. The molecular weight excluding hydrogens is 256 g/mol. The first-order chi connectivity index (χ1) is 8.31. The smallest absolute Gasteiger partial charge is 0.248 e. The Balaban J connectivity index is 2.09. The van der Waals surface area contributed by atoms with Crippen molar-refractivity contribution in [2.24, 2.45) is 5.73 Å². The zero-order valence-electron chi connectivity index (χ0n) is 10.7. The van der Waals surface area contributed by atoms with Crippen molar-refractivity contribution in [2.45, 2.75) is 43.7 Å². The number of hydrogen-bond acceptors (Lipinski definition) is 4. The van der Waals surface area contributed by atoms with Crippen LogP contribution in [0.25, 0.3) is 0 Å². The van der Waals surface area contributed by atoms with Crippen LogP contribution < -0.4 is 5.73 Å². The van der Waals surface area contributed by atoms with Gasteiger partial charge in [-0.2, -0.15) is 0 Å². The Morgan fingerprint density at radius 3 is 2.50 bits per heavy atom. The molecule has 2 rings (SSSR count). The minimum atomic E-state index is -2.55. The average Bonchev–Trinajstić information content (AvgIpc) is 2.71. The van der Waals surface area contributed by atoms with Crippen molar-refractivity contribution in [1.29, 1.82) is 0 Å². The topological polar surface area (TPSA) is 42.2 Å². The lowest BCUT2D eigenvalue weighted by atomic mass is 9.81. The fourth-order valence-electron chi connectivity index (χ4n) is 2.20. The quantitative estimate of drug-likeness (QED) is 0.922. The maximum atomic E-state index is 13.2. The highest BCUT2D eigenvalue weighted by Crippen LogP contribution is 2.43. The Kier molecular flexibility index (Phi) is 3.71. The number of aromatic nitrogens is 1. The van der Waals surface area contributed by atoms with E-state index in [1.807, 2.05) is 14.1 Å². The van der Waals surface area contributed by atoms with E-state index in [9.17, 15) is 8.78 Å². The maximum absolute atomic E-state index is 13.2. The number of nitrogens with zero attached hydrogens (tertiary/aromatic N) is 2. The van der Waals surface area contributed by atoms with Crippen LogP contribution in [0.5, 0.6) is 0 Å². The molecule has 1 aliphatic rings. The fourth-order valence-corrected chi connectivity index (χ4v) is 3.39. The fraction of sp³-hybridized carbons (Fsp3) is 0.750. The Labute approximate surface area is 110 Å². The minimum absolute atomic E-state index is 0.133. The van der Waals surface area contributed by atoms with Gasteiger partial charge in [0.05, 0.1) is 5.54 Å². The first-order valence-corrected chi connectivity index (χ1v) is 6.89. The molecule has 0 radical (unpaired) electrons. The van der Waals surface area contributed by atoms with Gasteiger partial charge in [0.2, 0.25) is 5.92 Å². The van der Waals surface area contributed by atoms with Crippen molar-refractivity contribution in [3.05, 3.63) is 16.1 Å². The van der Waals surface area contributed by atoms with Crippen molar-refractivity contribution >= 4 is 11.3 Å². The molecule has 2 N–H and O–H groups in total. The molecule has 0 saturated heterocycles. The second-order valence-corrected chi connectivity index (χ2v) is 6.50. The number of hydrogen-bond donors (Lipinski definition) is 1. The molecule has 0 bridgehead atoms. The summed E-state index contributed by atoms with van der Waals surface area (Å²) in [6, 6.07) is 0. The van der Waals surface area contributed by atoms with Gasteiger partial charge in [-0.1, -0.05) is 0 Å². The molecule has 0 unspecified atom stereocenters. The SMILES string of the molecule is CN(C)Cc1cnc(C2(N)CCC(F)(F)CC2)s1. The number of rotatable bonds is 3. The van der Waals surface area contributed by atoms with Crippen molar-refractivity contribution in [1.82, 2.24) is 9.88 Å². The van der Waals surface area contributed by atoms with Gasteiger partial charge in [-0.15, -0.1) is 11.3 Å². The minimum Gasteiger partial charge on any atom is -0.319 e. The summed E-state index contributed by atoms with van der Waals surface area (Å²) in [5, 5.41) is 0.801. The monoisotopic (exact) mass is 275 g/mol. The van der Waals surface area contributed by atoms with E-state index in [-0.39, 0.29) is 12.8 Å². The van der Waals surface area contributed by atoms with Gasteiger partial charge in [-0.25, -0.2) is 13.8 Å². The molecule has 1 aromatic heterocycles. The Morgan fingerprint density at radius 2 is 1.94 bits per heavy atom. The molecule has 18 heavy (non-hydrogen) atoms. The van der Waals surface area contributed by atoms with E-state index in [0.717, 1.165) is 16.4 Å². The highest BCUT2D eigenvalue weighted by molar-refractivity contribution is 7.11. The lowest BCUT2D eigenvalue weighted by molar-refractivity contribution is -0.0514. The Morgan fingerprint density at radius 1 is 1.33 bits per heavy atom. The summed E-state index contributed by atoms with van der Waals surface area (Å²) in [5.41, 5.74) is 5.59. The molecular formula is C12H19F2N3S. The zero-order chi connectivity index (χ0) is 13.4. The van der Waals surface area contributed by atoms with Crippen molar-refractivity contribution in [3.8, 4) is 0 Å². The normalized spacial score (nSPS) is 22.3. The summed E-state index contributed by atoms with van der Waals surface area (Å²) in [4.78, 5) is 7.51. The lowest BCUT2D eigenvalue weighted by Crippen LogP contribution is -2.43. The lowest BCUT2D eigenvalue weighted by Gasteiger charge is -2.35. The van der Waals surface area contributed by atoms with Crippen molar-refractivity contribution < 1.29 is 8.78 Å². The molecule has 1 fully saturated rings. The molecule has 0 spiro atoms. The van der Waals surface area contributed by atoms with Gasteiger partial charge >= 0.3 is 0 Å². The number of halogens is 2. The molecule has 0 amide bonds. The highest BCUT2D eigenvalue weighted by Gasteiger charge is 2.43. The first-order valence-electron chi connectivity index (χ1n) is 6.07. The Hall–Kier alpha value is -0.590. The number of alkyl halides is 2. The van der Waals surface area contributed by atoms with Gasteiger partial charge in [0, 0.05) is 30.5 Å². The molecule has 1 saturated carbocycles. The molecule has 0 aromatic carbocycles. The van der Waals surface area contributed by atoms with E-state index < -0.39 is 11.5 Å². The summed E-state index contributed by atoms with van der Waals surface area (Å²) < 4.78 is 26.3. The Bertz CT molecular complexity index is 407. The summed E-state index contributed by atoms with van der Waals surface area (Å²) in [6.07, 6.45) is 2.17. The van der Waals surface area contributed by atoms with Crippen LogP contribution in [0.3, 0.4) is 0 Å². The van der Waals surface area contributed by atoms with Crippen LogP contribution in [0.4, 0.5) is 8.78 Å². The predicted octanol–water partition coefficient (Wildman–Crippen LogP) is 2.57. The van der Waals surface area contributed by atoms with Gasteiger partial charge in [0.1, 0.15) is 5.01 Å². The van der Waals surface area contributed by atoms with E-state index >= 15 is 0 Å². The highest BCUT2D eigenvalue weighted by atomic mass is 32.1. The van der Waals surface area contributed by atoms with Gasteiger partial charge in [-0.05, 0) is 26.9 Å². The van der Waals surface area contributed by atoms with E-state index in [0.29, 0.717) is 12.8 Å². The summed E-state index contributed by atoms with van der Waals surface area (Å²) in [5.74, 6) is -2.55. The zero-order valence-corrected chi connectivity index (χ0v) is 11.6. The van der Waals surface area contributed by atoms with E-state index in [2.05, 4.69) is 9.88 Å². The molecule has 102 valence electrons. The van der Waals surface area contributed by atoms with Crippen LogP contribution in [0.2, 0.25) is 0 Å². The largest absolute Gasteiger partial charge is 0.319 e. The molecule has 6 heteroatoms. The van der Waals surface area contributed by atoms with E-state index in [1.54, 1.807) is 17.5 Å². The molecule has 3 nitrogen and oxygen atoms in total. The molecule has 0 aliphatic heterocycles. The van der Waals surface area contributed by atoms with Gasteiger partial charge in [0.25, 0.3) is 0 Å². The van der Waals surface area contributed by atoms with Crippen LogP contribution in [0, 0.1) is 0 Å². The van der Waals surface area contributed by atoms with Gasteiger partial charge < -0.3 is 10.6 Å². The molecule has 1 heterocycles. The predicted molar refractivity (Wildman–Crippen MR) is 68.8 cm³/mol. The van der Waals surface area contributed by atoms with E-state index in [4.69, 9.17) is 5.73 Å². The standard InChI is InChI=1S/C12H19F2N3S/c1-17(2)8-9-7-16-10(18-9)11(15)3-5-12(13,14)6-4-11/h7H,3-6,8,15H2,1-2H3. The second-order valence-electron chi connectivity index (χ2n) is 5.38. The third-order valence-corrected chi connectivity index (χ3v) is 4.53. The summed E-state index contributed by atoms with van der Waals surface area (Å²) in [7, 11) is 3.97. The van der Waals surface area contributed by atoms with E-state index in [1.165, 1.54) is 0 Å². The van der Waals surface area contributed by atoms with Crippen LogP contribution in [0.1, 0.15) is 35.6 Å². The third kappa shape index (κ3) is 3.05. The van der Waals surface area contributed by atoms with Crippen LogP contribution in [0.15, 0.2) is 6.20 Å². The third-order valence-electron chi connectivity index (χ3n) is 3.33. The van der Waals surface area contributed by atoms with Gasteiger partial charge in [-0.3, -0.25) is 0 Å². The molecule has 1 aromatic rings. The van der Waals surface area contributed by atoms with Gasteiger partial charge in [0.15, 0.2) is 0 Å². The maximum Gasteiger partial charge on any atom is 0.248 e. The van der Waals surface area contributed by atoms with Crippen molar-refractivity contribution in [3.63, 3.8) is 0 Å². The summed E-state index contributed by atoms with van der Waals surface area (Å²) >= 11 is 1.54. The van der Waals surface area contributed by atoms with Crippen LogP contribution in [-0.4, -0.2) is 29.9 Å².